The fourth-order valence-electron chi connectivity index (χ4n) is 7.30. The molecule has 0 saturated heterocycles. The molecule has 0 bridgehead atoms. The van der Waals surface area contributed by atoms with Gasteiger partial charge in [-0.05, 0) is 98.5 Å². The molecule has 2 aromatic heterocycles. The molecule has 0 N–H and O–H groups in total. The van der Waals surface area contributed by atoms with Crippen LogP contribution in [-0.4, -0.2) is 9.13 Å². The van der Waals surface area contributed by atoms with E-state index in [9.17, 15) is 23.7 Å². The number of fused-ring (bicyclic) bond motifs is 6. The average molecular weight is 689 g/mol. The Morgan fingerprint density at radius 1 is 0.462 bits per heavy atom. The molecule has 0 atom stereocenters. The molecule has 7 heteroatoms. The topological polar surface area (TPSA) is 57.4 Å². The molecule has 2 heterocycles. The van der Waals surface area contributed by atoms with E-state index in [-0.39, 0.29) is 5.56 Å². The van der Waals surface area contributed by atoms with E-state index in [4.69, 9.17) is 0 Å². The summed E-state index contributed by atoms with van der Waals surface area (Å²) in [6, 6.07) is 36.3. The molecule has 0 fully saturated rings. The maximum absolute atomic E-state index is 13.9. The summed E-state index contributed by atoms with van der Waals surface area (Å²) in [6.45, 7) is 12.0. The maximum Gasteiger partial charge on any atom is 0.416 e. The van der Waals surface area contributed by atoms with Crippen molar-refractivity contribution in [1.82, 2.24) is 9.13 Å². The summed E-state index contributed by atoms with van der Waals surface area (Å²) in [5.74, 6) is 0. The Bertz CT molecular complexity index is 2700. The van der Waals surface area contributed by atoms with Crippen LogP contribution in [-0.2, 0) is 6.18 Å². The highest BCUT2D eigenvalue weighted by Crippen LogP contribution is 2.43. The SMILES string of the molecule is CC.Cc1ccc2c3ccc(C)cc3n(-c3cc(-c4ccc(C(F)(F)F)cc4C#N)c(-n4c5cc(C)ccc5c5ccc(C)cc54)cc3C#N)c2c1. The first-order chi connectivity index (χ1) is 25.0. The standard InChI is InChI=1S/C43H29F3N4.C2H6/c1-24-5-10-32-33-11-6-25(2)16-39(33)49(38(32)15-24)37-21-36(31-14-9-30(43(44,45)46)19-28(31)22-47)42(20-29(37)23-48)50-40-17-26(3)7-12-34(40)35-13-8-27(4)18-41(35)50;1-2/h5-21H,1-4H3;1-2H3. The maximum atomic E-state index is 13.9. The van der Waals surface area contributed by atoms with E-state index in [0.29, 0.717) is 28.1 Å². The van der Waals surface area contributed by atoms with Crippen LogP contribution < -0.4 is 0 Å². The van der Waals surface area contributed by atoms with Crippen LogP contribution in [0, 0.1) is 50.4 Å². The van der Waals surface area contributed by atoms with Crippen LogP contribution in [0.1, 0.15) is 52.8 Å². The fraction of sp³-hybridized carbons (Fsp3) is 0.156. The number of halogens is 3. The minimum absolute atomic E-state index is 0.112. The van der Waals surface area contributed by atoms with Gasteiger partial charge in [0.05, 0.1) is 56.2 Å². The van der Waals surface area contributed by atoms with Gasteiger partial charge in [0.1, 0.15) is 6.07 Å². The first-order valence-corrected chi connectivity index (χ1v) is 17.2. The number of nitriles is 2. The predicted molar refractivity (Wildman–Crippen MR) is 205 cm³/mol. The van der Waals surface area contributed by atoms with Gasteiger partial charge in [0, 0.05) is 32.7 Å². The molecule has 8 rings (SSSR count). The number of hydrogen-bond acceptors (Lipinski definition) is 2. The summed E-state index contributed by atoms with van der Waals surface area (Å²) >= 11 is 0. The van der Waals surface area contributed by atoms with Crippen molar-refractivity contribution in [3.05, 3.63) is 142 Å². The molecule has 0 saturated carbocycles. The second-order valence-corrected chi connectivity index (χ2v) is 13.1. The minimum Gasteiger partial charge on any atom is -0.309 e. The summed E-state index contributed by atoms with van der Waals surface area (Å²) in [5, 5.41) is 25.2. The van der Waals surface area contributed by atoms with E-state index >= 15 is 0 Å². The zero-order chi connectivity index (χ0) is 37.1. The average Bonchev–Trinajstić information content (AvgIpc) is 3.61. The molecule has 0 radical (unpaired) electrons. The number of aryl methyl sites for hydroxylation is 4. The predicted octanol–water partition coefficient (Wildman–Crippen LogP) is 12.6. The van der Waals surface area contributed by atoms with Gasteiger partial charge < -0.3 is 9.13 Å². The molecule has 0 aliphatic rings. The highest BCUT2D eigenvalue weighted by Gasteiger charge is 2.32. The van der Waals surface area contributed by atoms with Crippen LogP contribution in [0.5, 0.6) is 0 Å². The van der Waals surface area contributed by atoms with Gasteiger partial charge in [0.25, 0.3) is 0 Å². The fourth-order valence-corrected chi connectivity index (χ4v) is 7.30. The normalized spacial score (nSPS) is 11.5. The zero-order valence-corrected chi connectivity index (χ0v) is 29.7. The van der Waals surface area contributed by atoms with E-state index in [1.807, 2.05) is 71.9 Å². The molecule has 52 heavy (non-hydrogen) atoms. The Morgan fingerprint density at radius 2 is 0.865 bits per heavy atom. The van der Waals surface area contributed by atoms with Crippen molar-refractivity contribution in [3.63, 3.8) is 0 Å². The van der Waals surface area contributed by atoms with Crippen molar-refractivity contribution >= 4 is 43.6 Å². The number of hydrogen-bond donors (Lipinski definition) is 0. The molecule has 0 amide bonds. The van der Waals surface area contributed by atoms with E-state index in [0.717, 1.165) is 78.0 Å². The summed E-state index contributed by atoms with van der Waals surface area (Å²) in [7, 11) is 0. The number of benzene rings is 6. The van der Waals surface area contributed by atoms with Gasteiger partial charge in [-0.2, -0.15) is 23.7 Å². The molecule has 0 aliphatic carbocycles. The lowest BCUT2D eigenvalue weighted by atomic mass is 9.94. The van der Waals surface area contributed by atoms with Crippen LogP contribution >= 0.6 is 0 Å². The minimum atomic E-state index is -4.62. The highest BCUT2D eigenvalue weighted by molar-refractivity contribution is 6.11. The molecule has 0 aliphatic heterocycles. The van der Waals surface area contributed by atoms with Crippen molar-refractivity contribution in [1.29, 1.82) is 10.5 Å². The molecule has 0 unspecified atom stereocenters. The zero-order valence-electron chi connectivity index (χ0n) is 29.7. The first kappa shape index (κ1) is 34.2. The first-order valence-electron chi connectivity index (χ1n) is 17.2. The van der Waals surface area contributed by atoms with Crippen molar-refractivity contribution in [2.24, 2.45) is 0 Å². The molecule has 8 aromatic rings. The van der Waals surface area contributed by atoms with E-state index < -0.39 is 11.7 Å². The molecular formula is C45H35F3N4. The third-order valence-electron chi connectivity index (χ3n) is 9.63. The van der Waals surface area contributed by atoms with Gasteiger partial charge in [-0.1, -0.05) is 68.4 Å². The van der Waals surface area contributed by atoms with Crippen molar-refractivity contribution in [3.8, 4) is 34.6 Å². The van der Waals surface area contributed by atoms with Crippen molar-refractivity contribution < 1.29 is 13.2 Å². The third kappa shape index (κ3) is 5.47. The molecule has 4 nitrogen and oxygen atoms in total. The second kappa shape index (κ2) is 12.8. The van der Waals surface area contributed by atoms with Crippen LogP contribution in [0.15, 0.2) is 103 Å². The smallest absolute Gasteiger partial charge is 0.309 e. The van der Waals surface area contributed by atoms with Crippen molar-refractivity contribution in [2.45, 2.75) is 47.7 Å². The van der Waals surface area contributed by atoms with Crippen LogP contribution in [0.2, 0.25) is 0 Å². The lowest BCUT2D eigenvalue weighted by molar-refractivity contribution is -0.137. The van der Waals surface area contributed by atoms with Gasteiger partial charge in [0.2, 0.25) is 0 Å². The summed E-state index contributed by atoms with van der Waals surface area (Å²) in [6.07, 6.45) is -4.62. The second-order valence-electron chi connectivity index (χ2n) is 13.1. The van der Waals surface area contributed by atoms with Crippen LogP contribution in [0.4, 0.5) is 13.2 Å². The quantitative estimate of drug-likeness (QED) is 0.185. The van der Waals surface area contributed by atoms with Crippen LogP contribution in [0.3, 0.4) is 0 Å². The Morgan fingerprint density at radius 3 is 1.25 bits per heavy atom. The lowest BCUT2D eigenvalue weighted by Crippen LogP contribution is -2.07. The van der Waals surface area contributed by atoms with Gasteiger partial charge >= 0.3 is 6.18 Å². The molecule has 0 spiro atoms. The van der Waals surface area contributed by atoms with Gasteiger partial charge in [-0.3, -0.25) is 0 Å². The summed E-state index contributed by atoms with van der Waals surface area (Å²) in [4.78, 5) is 0. The molecular weight excluding hydrogens is 654 g/mol. The van der Waals surface area contributed by atoms with E-state index in [2.05, 4.69) is 75.9 Å². The Labute approximate surface area is 300 Å². The van der Waals surface area contributed by atoms with Gasteiger partial charge in [-0.15, -0.1) is 0 Å². The summed E-state index contributed by atoms with van der Waals surface area (Å²) < 4.78 is 45.9. The molecule has 256 valence electrons. The van der Waals surface area contributed by atoms with Gasteiger partial charge in [-0.25, -0.2) is 0 Å². The van der Waals surface area contributed by atoms with Crippen molar-refractivity contribution in [2.75, 3.05) is 0 Å². The summed E-state index contributed by atoms with van der Waals surface area (Å²) in [5.41, 5.74) is 9.10. The van der Waals surface area contributed by atoms with E-state index in [1.54, 1.807) is 0 Å². The largest absolute Gasteiger partial charge is 0.416 e. The Hall–Kier alpha value is -6.31. The molecule has 6 aromatic carbocycles. The number of rotatable bonds is 3. The third-order valence-corrected chi connectivity index (χ3v) is 9.63. The monoisotopic (exact) mass is 688 g/mol. The lowest BCUT2D eigenvalue weighted by Gasteiger charge is -2.20. The Balaban J connectivity index is 0.00000207. The van der Waals surface area contributed by atoms with Crippen LogP contribution in [0.25, 0.3) is 66.1 Å². The van der Waals surface area contributed by atoms with E-state index in [1.165, 1.54) is 6.07 Å². The van der Waals surface area contributed by atoms with Gasteiger partial charge in [0.15, 0.2) is 0 Å². The number of nitrogens with zero attached hydrogens (tertiary/aromatic N) is 4. The highest BCUT2D eigenvalue weighted by atomic mass is 19.4. The Kier molecular flexibility index (Phi) is 8.40. The number of aromatic nitrogens is 2. The number of alkyl halides is 3.